The predicted octanol–water partition coefficient (Wildman–Crippen LogP) is 2.78. The number of halogens is 6. The Balaban J connectivity index is 3.57. The summed E-state index contributed by atoms with van der Waals surface area (Å²) in [5, 5.41) is 0. The molecule has 0 aromatic rings. The quantitative estimate of drug-likeness (QED) is 0.734. The molecule has 0 aromatic heterocycles. The zero-order chi connectivity index (χ0) is 15.0. The van der Waals surface area contributed by atoms with Crippen LogP contribution in [0, 0.1) is 11.3 Å². The van der Waals surface area contributed by atoms with Crippen LogP contribution in [0.4, 0.5) is 26.6 Å². The normalized spacial score (nSPS) is 27.4. The van der Waals surface area contributed by atoms with Gasteiger partial charge in [-0.05, 0) is 6.92 Å². The van der Waals surface area contributed by atoms with Crippen molar-refractivity contribution in [1.29, 1.82) is 0 Å². The highest BCUT2D eigenvalue weighted by Gasteiger charge is 2.60. The lowest BCUT2D eigenvalue weighted by molar-refractivity contribution is -0.208. The molecule has 0 bridgehead atoms. The molecule has 1 aliphatic rings. The number of hydrogen-bond acceptors (Lipinski definition) is 4. The van der Waals surface area contributed by atoms with Gasteiger partial charge in [-0.1, -0.05) is 0 Å². The molecule has 0 N–H and O–H groups in total. The number of carbonyl (C=O) groups excluding carboxylic acids is 2. The lowest BCUT2D eigenvalue weighted by Gasteiger charge is -2.31. The highest BCUT2D eigenvalue weighted by atomic mass is 19.3. The van der Waals surface area contributed by atoms with Gasteiger partial charge < -0.3 is 0 Å². The van der Waals surface area contributed by atoms with Gasteiger partial charge in [0.2, 0.25) is 0 Å². The van der Waals surface area contributed by atoms with Crippen molar-refractivity contribution in [2.24, 2.45) is 11.3 Å². The molecule has 19 heavy (non-hydrogen) atoms. The molecule has 0 amide bonds. The van der Waals surface area contributed by atoms with E-state index < -0.39 is 46.6 Å². The molecule has 2 atom stereocenters. The van der Waals surface area contributed by atoms with Crippen LogP contribution in [0.25, 0.3) is 0 Å². The topological polar surface area (TPSA) is 52.6 Å². The Bertz CT molecular complexity index is 499. The Morgan fingerprint density at radius 3 is 2.00 bits per heavy atom. The van der Waals surface area contributed by atoms with Crippen LogP contribution in [0.1, 0.15) is 6.92 Å². The Hall–Kier alpha value is -2.00. The second-order valence-electron chi connectivity index (χ2n) is 3.69. The van der Waals surface area contributed by atoms with E-state index in [9.17, 15) is 36.2 Å². The number of rotatable bonds is 2. The van der Waals surface area contributed by atoms with E-state index in [1.807, 2.05) is 0 Å². The lowest BCUT2D eigenvalue weighted by Crippen LogP contribution is -2.44. The molecule has 0 saturated heterocycles. The smallest absolute Gasteiger partial charge is 0.254 e. The zero-order valence-corrected chi connectivity index (χ0v) is 8.98. The van der Waals surface area contributed by atoms with Gasteiger partial charge in [0.05, 0.1) is 0 Å². The Morgan fingerprint density at radius 1 is 1.05 bits per heavy atom. The van der Waals surface area contributed by atoms with Gasteiger partial charge in [0, 0.05) is 9.05 Å². The molecule has 0 saturated carbocycles. The summed E-state index contributed by atoms with van der Waals surface area (Å²) in [6.07, 6.45) is 0. The first kappa shape index (κ1) is 15.1. The fourth-order valence-corrected chi connectivity index (χ4v) is 1.61. The highest BCUT2D eigenvalue weighted by Crippen LogP contribution is 2.50. The molecule has 0 aromatic carbocycles. The van der Waals surface area contributed by atoms with E-state index in [1.54, 1.807) is 0 Å². The standard InChI is InChI=1S/C9H4F6O4/c1-9(8(17)19-15)2(7(16)18-14)3(10)4(11)5(12)6(9)13/h2H,1H3. The van der Waals surface area contributed by atoms with E-state index in [-0.39, 0.29) is 0 Å². The summed E-state index contributed by atoms with van der Waals surface area (Å²) in [4.78, 5) is 27.1. The molecule has 2 unspecified atom stereocenters. The molecule has 4 nitrogen and oxygen atoms in total. The largest absolute Gasteiger partial charge is 0.362 e. The van der Waals surface area contributed by atoms with Crippen molar-refractivity contribution in [2.75, 3.05) is 0 Å². The molecule has 0 aliphatic heterocycles. The molecular formula is C9H4F6O4. The molecule has 0 heterocycles. The Morgan fingerprint density at radius 2 is 1.58 bits per heavy atom. The first-order valence-corrected chi connectivity index (χ1v) is 4.50. The van der Waals surface area contributed by atoms with Crippen LogP contribution in [0.2, 0.25) is 0 Å². The third-order valence-electron chi connectivity index (χ3n) is 2.69. The van der Waals surface area contributed by atoms with Gasteiger partial charge in [0.1, 0.15) is 11.3 Å². The van der Waals surface area contributed by atoms with E-state index >= 15 is 0 Å². The first-order valence-electron chi connectivity index (χ1n) is 4.50. The fraction of sp³-hybridized carbons (Fsp3) is 0.333. The van der Waals surface area contributed by atoms with Crippen molar-refractivity contribution in [3.63, 3.8) is 0 Å². The van der Waals surface area contributed by atoms with Crippen LogP contribution < -0.4 is 0 Å². The second-order valence-corrected chi connectivity index (χ2v) is 3.69. The van der Waals surface area contributed by atoms with E-state index in [0.717, 1.165) is 0 Å². The average molecular weight is 290 g/mol. The van der Waals surface area contributed by atoms with E-state index in [4.69, 9.17) is 0 Å². The predicted molar refractivity (Wildman–Crippen MR) is 44.5 cm³/mol. The van der Waals surface area contributed by atoms with E-state index in [0.29, 0.717) is 6.92 Å². The zero-order valence-electron chi connectivity index (χ0n) is 8.98. The minimum Gasteiger partial charge on any atom is -0.254 e. The summed E-state index contributed by atoms with van der Waals surface area (Å²) in [6.45, 7) is 0.317. The van der Waals surface area contributed by atoms with Gasteiger partial charge in [-0.15, -0.1) is 0 Å². The van der Waals surface area contributed by atoms with Crippen molar-refractivity contribution in [3.05, 3.63) is 23.3 Å². The summed E-state index contributed by atoms with van der Waals surface area (Å²) in [7, 11) is 0. The molecule has 0 radical (unpaired) electrons. The maximum absolute atomic E-state index is 13.5. The molecule has 1 aliphatic carbocycles. The Kier molecular flexibility index (Phi) is 3.91. The van der Waals surface area contributed by atoms with E-state index in [1.165, 1.54) is 0 Å². The average Bonchev–Trinajstić information content (AvgIpc) is 2.41. The summed E-state index contributed by atoms with van der Waals surface area (Å²) < 4.78 is 76.4. The van der Waals surface area contributed by atoms with Crippen LogP contribution in [-0.4, -0.2) is 11.9 Å². The molecule has 106 valence electrons. The van der Waals surface area contributed by atoms with Crippen molar-refractivity contribution >= 4 is 11.9 Å². The summed E-state index contributed by atoms with van der Waals surface area (Å²) >= 11 is 0. The summed E-state index contributed by atoms with van der Waals surface area (Å²) in [6, 6.07) is 0. The SMILES string of the molecule is CC1(C(=O)OF)C(F)=C(F)C(F)=C(F)C1C(=O)OF. The molecule has 10 heteroatoms. The van der Waals surface area contributed by atoms with Gasteiger partial charge >= 0.3 is 11.9 Å². The lowest BCUT2D eigenvalue weighted by atomic mass is 9.72. The minimum absolute atomic E-state index is 0.317. The number of allylic oxidation sites excluding steroid dienone is 2. The van der Waals surface area contributed by atoms with Gasteiger partial charge in [0.15, 0.2) is 23.3 Å². The van der Waals surface area contributed by atoms with Crippen molar-refractivity contribution in [2.45, 2.75) is 6.92 Å². The molecule has 0 spiro atoms. The van der Waals surface area contributed by atoms with Crippen molar-refractivity contribution < 1.29 is 46.1 Å². The molecule has 1 rings (SSSR count). The second kappa shape index (κ2) is 4.94. The van der Waals surface area contributed by atoms with E-state index in [2.05, 4.69) is 9.88 Å². The molecular weight excluding hydrogens is 286 g/mol. The van der Waals surface area contributed by atoms with Crippen molar-refractivity contribution in [1.82, 2.24) is 0 Å². The highest BCUT2D eigenvalue weighted by molar-refractivity contribution is 5.90. The van der Waals surface area contributed by atoms with Crippen LogP contribution in [0.15, 0.2) is 23.3 Å². The summed E-state index contributed by atoms with van der Waals surface area (Å²) in [5.74, 6) is -17.0. The number of carbonyl (C=O) groups is 2. The first-order chi connectivity index (χ1) is 8.73. The Labute approximate surface area is 101 Å². The fourth-order valence-electron chi connectivity index (χ4n) is 1.61. The third-order valence-corrected chi connectivity index (χ3v) is 2.69. The van der Waals surface area contributed by atoms with Crippen LogP contribution in [-0.2, 0) is 19.5 Å². The maximum Gasteiger partial charge on any atom is 0.362 e. The molecule has 0 fully saturated rings. The third kappa shape index (κ3) is 1.96. The van der Waals surface area contributed by atoms with Gasteiger partial charge in [-0.2, -0.15) is 0 Å². The van der Waals surface area contributed by atoms with Crippen LogP contribution >= 0.6 is 0 Å². The minimum atomic E-state index is -3.28. The van der Waals surface area contributed by atoms with Gasteiger partial charge in [-0.3, -0.25) is 9.88 Å². The summed E-state index contributed by atoms with van der Waals surface area (Å²) in [5.41, 5.74) is -3.28. The van der Waals surface area contributed by atoms with Gasteiger partial charge in [0.25, 0.3) is 0 Å². The maximum atomic E-state index is 13.5. The van der Waals surface area contributed by atoms with Crippen LogP contribution in [0.5, 0.6) is 0 Å². The monoisotopic (exact) mass is 290 g/mol. The van der Waals surface area contributed by atoms with Crippen LogP contribution in [0.3, 0.4) is 0 Å². The number of hydrogen-bond donors (Lipinski definition) is 0. The van der Waals surface area contributed by atoms with Crippen molar-refractivity contribution in [3.8, 4) is 0 Å². The van der Waals surface area contributed by atoms with Gasteiger partial charge in [-0.25, -0.2) is 27.2 Å².